The Morgan fingerprint density at radius 2 is 1.79 bits per heavy atom. The van der Waals surface area contributed by atoms with Crippen LogP contribution in [0.15, 0.2) is 53.4 Å². The molecule has 0 aliphatic carbocycles. The number of ether oxygens (including phenoxy) is 1. The summed E-state index contributed by atoms with van der Waals surface area (Å²) in [5, 5.41) is 0.453. The number of hydrogen-bond acceptors (Lipinski definition) is 4. The van der Waals surface area contributed by atoms with Crippen LogP contribution in [0.4, 0.5) is 5.69 Å². The number of benzene rings is 2. The maximum Gasteiger partial charge on any atom is 0.326 e. The molecule has 0 spiro atoms. The van der Waals surface area contributed by atoms with Crippen LogP contribution in [-0.4, -0.2) is 27.5 Å². The van der Waals surface area contributed by atoms with Crippen LogP contribution in [-0.2, 0) is 19.6 Å². The van der Waals surface area contributed by atoms with E-state index in [4.69, 9.17) is 27.9 Å². The fraction of sp³-hybridized carbons (Fsp3) is 0.188. The minimum atomic E-state index is -4.02. The topological polar surface area (TPSA) is 63.7 Å². The fourth-order valence-electron chi connectivity index (χ4n) is 2.02. The van der Waals surface area contributed by atoms with Crippen molar-refractivity contribution in [3.63, 3.8) is 0 Å². The minimum Gasteiger partial charge on any atom is -0.465 e. The molecule has 0 aliphatic heterocycles. The van der Waals surface area contributed by atoms with Gasteiger partial charge in [0.15, 0.2) is 0 Å². The van der Waals surface area contributed by atoms with Gasteiger partial charge in [0.2, 0.25) is 0 Å². The van der Waals surface area contributed by atoms with Crippen molar-refractivity contribution < 1.29 is 17.9 Å². The van der Waals surface area contributed by atoms with Crippen LogP contribution in [0, 0.1) is 0 Å². The van der Waals surface area contributed by atoms with Gasteiger partial charge >= 0.3 is 5.97 Å². The van der Waals surface area contributed by atoms with Crippen LogP contribution in [0.5, 0.6) is 0 Å². The van der Waals surface area contributed by atoms with Gasteiger partial charge in [-0.3, -0.25) is 9.10 Å². The Morgan fingerprint density at radius 1 is 1.12 bits per heavy atom. The number of carbonyl (C=O) groups is 1. The highest BCUT2D eigenvalue weighted by molar-refractivity contribution is 7.92. The van der Waals surface area contributed by atoms with Crippen molar-refractivity contribution in [2.45, 2.75) is 11.8 Å². The molecule has 0 aliphatic rings. The van der Waals surface area contributed by atoms with Gasteiger partial charge in [0.05, 0.1) is 22.2 Å². The second kappa shape index (κ2) is 7.88. The molecule has 0 radical (unpaired) electrons. The number of carbonyl (C=O) groups excluding carboxylic acids is 1. The molecule has 0 unspecified atom stereocenters. The molecule has 0 aromatic heterocycles. The van der Waals surface area contributed by atoms with E-state index in [1.165, 1.54) is 30.3 Å². The van der Waals surface area contributed by atoms with E-state index in [0.717, 1.165) is 4.31 Å². The van der Waals surface area contributed by atoms with Crippen molar-refractivity contribution >= 4 is 44.9 Å². The number of esters is 1. The third-order valence-corrected chi connectivity index (χ3v) is 5.41. The fourth-order valence-corrected chi connectivity index (χ4v) is 3.90. The standard InChI is InChI=1S/C16H15Cl2NO4S/c1-2-23-16(20)11-19(15-10-12(17)8-9-14(15)18)24(21,22)13-6-4-3-5-7-13/h3-10H,2,11H2,1H3. The van der Waals surface area contributed by atoms with Gasteiger partial charge in [-0.15, -0.1) is 0 Å². The van der Waals surface area contributed by atoms with Crippen molar-refractivity contribution in [3.05, 3.63) is 58.6 Å². The highest BCUT2D eigenvalue weighted by Crippen LogP contribution is 2.32. The van der Waals surface area contributed by atoms with Gasteiger partial charge in [-0.2, -0.15) is 0 Å². The Labute approximate surface area is 150 Å². The summed E-state index contributed by atoms with van der Waals surface area (Å²) in [6, 6.07) is 12.1. The maximum atomic E-state index is 13.0. The first-order valence-electron chi connectivity index (χ1n) is 7.04. The lowest BCUT2D eigenvalue weighted by atomic mass is 10.3. The SMILES string of the molecule is CCOC(=O)CN(c1cc(Cl)ccc1Cl)S(=O)(=O)c1ccccc1. The summed E-state index contributed by atoms with van der Waals surface area (Å²) in [6.07, 6.45) is 0. The summed E-state index contributed by atoms with van der Waals surface area (Å²) < 4.78 is 31.7. The van der Waals surface area contributed by atoms with Gasteiger partial charge in [-0.05, 0) is 37.3 Å². The van der Waals surface area contributed by atoms with Crippen LogP contribution in [0.25, 0.3) is 0 Å². The molecule has 2 aromatic carbocycles. The van der Waals surface area contributed by atoms with Crippen LogP contribution >= 0.6 is 23.2 Å². The molecule has 2 rings (SSSR count). The van der Waals surface area contributed by atoms with Gasteiger partial charge in [-0.1, -0.05) is 41.4 Å². The maximum absolute atomic E-state index is 13.0. The molecule has 0 amide bonds. The Hall–Kier alpha value is -1.76. The van der Waals surface area contributed by atoms with E-state index in [1.807, 2.05) is 0 Å². The monoisotopic (exact) mass is 387 g/mol. The largest absolute Gasteiger partial charge is 0.465 e. The zero-order chi connectivity index (χ0) is 17.7. The number of sulfonamides is 1. The zero-order valence-corrected chi connectivity index (χ0v) is 15.1. The van der Waals surface area contributed by atoms with E-state index in [2.05, 4.69) is 0 Å². The lowest BCUT2D eigenvalue weighted by Gasteiger charge is -2.24. The summed E-state index contributed by atoms with van der Waals surface area (Å²) in [5.41, 5.74) is 0.112. The van der Waals surface area contributed by atoms with Crippen molar-refractivity contribution in [1.29, 1.82) is 0 Å². The van der Waals surface area contributed by atoms with Crippen molar-refractivity contribution in [1.82, 2.24) is 0 Å². The molecular weight excluding hydrogens is 373 g/mol. The van der Waals surface area contributed by atoms with Gasteiger partial charge in [0.25, 0.3) is 10.0 Å². The quantitative estimate of drug-likeness (QED) is 0.707. The van der Waals surface area contributed by atoms with E-state index < -0.39 is 22.5 Å². The van der Waals surface area contributed by atoms with E-state index in [-0.39, 0.29) is 22.2 Å². The zero-order valence-electron chi connectivity index (χ0n) is 12.8. The molecule has 128 valence electrons. The van der Waals surface area contributed by atoms with Crippen molar-refractivity contribution in [2.24, 2.45) is 0 Å². The molecule has 2 aromatic rings. The molecule has 5 nitrogen and oxygen atoms in total. The minimum absolute atomic E-state index is 0.0327. The average Bonchev–Trinajstić information content (AvgIpc) is 2.56. The molecular formula is C16H15Cl2NO4S. The van der Waals surface area contributed by atoms with E-state index in [9.17, 15) is 13.2 Å². The number of halogens is 2. The molecule has 8 heteroatoms. The predicted molar refractivity (Wildman–Crippen MR) is 94.1 cm³/mol. The highest BCUT2D eigenvalue weighted by atomic mass is 35.5. The predicted octanol–water partition coefficient (Wildman–Crippen LogP) is 3.75. The third-order valence-electron chi connectivity index (χ3n) is 3.09. The van der Waals surface area contributed by atoms with E-state index in [1.54, 1.807) is 25.1 Å². The Bertz CT molecular complexity index is 825. The second-order valence-electron chi connectivity index (χ2n) is 4.73. The van der Waals surface area contributed by atoms with Crippen LogP contribution in [0.2, 0.25) is 10.0 Å². The molecule has 0 atom stereocenters. The summed E-state index contributed by atoms with van der Waals surface area (Å²) in [7, 11) is -4.02. The molecule has 0 saturated heterocycles. The molecule has 0 saturated carbocycles. The first kappa shape index (κ1) is 18.6. The van der Waals surface area contributed by atoms with Gasteiger partial charge in [-0.25, -0.2) is 8.42 Å². The van der Waals surface area contributed by atoms with Gasteiger partial charge < -0.3 is 4.74 Å². The Kier molecular flexibility index (Phi) is 6.10. The van der Waals surface area contributed by atoms with Crippen molar-refractivity contribution in [2.75, 3.05) is 17.5 Å². The van der Waals surface area contributed by atoms with Crippen molar-refractivity contribution in [3.8, 4) is 0 Å². The van der Waals surface area contributed by atoms with Gasteiger partial charge in [0, 0.05) is 5.02 Å². The molecule has 0 heterocycles. The summed E-state index contributed by atoms with van der Waals surface area (Å²) in [5.74, 6) is -0.687. The Morgan fingerprint density at radius 3 is 2.42 bits per heavy atom. The average molecular weight is 388 g/mol. The molecule has 0 N–H and O–H groups in total. The normalized spacial score (nSPS) is 11.1. The van der Waals surface area contributed by atoms with E-state index in [0.29, 0.717) is 5.02 Å². The molecule has 0 fully saturated rings. The molecule has 24 heavy (non-hydrogen) atoms. The van der Waals surface area contributed by atoms with E-state index >= 15 is 0 Å². The summed E-state index contributed by atoms with van der Waals surface area (Å²) in [4.78, 5) is 11.9. The third kappa shape index (κ3) is 4.20. The summed E-state index contributed by atoms with van der Waals surface area (Å²) >= 11 is 12.1. The molecule has 0 bridgehead atoms. The number of hydrogen-bond donors (Lipinski definition) is 0. The first-order valence-corrected chi connectivity index (χ1v) is 9.24. The summed E-state index contributed by atoms with van der Waals surface area (Å²) in [6.45, 7) is 1.27. The number of nitrogens with zero attached hydrogens (tertiary/aromatic N) is 1. The Balaban J connectivity index is 2.55. The lowest BCUT2D eigenvalue weighted by Crippen LogP contribution is -2.36. The van der Waals surface area contributed by atoms with Crippen LogP contribution < -0.4 is 4.31 Å². The second-order valence-corrected chi connectivity index (χ2v) is 7.43. The highest BCUT2D eigenvalue weighted by Gasteiger charge is 2.29. The van der Waals surface area contributed by atoms with Crippen LogP contribution in [0.1, 0.15) is 6.92 Å². The smallest absolute Gasteiger partial charge is 0.326 e. The number of rotatable bonds is 6. The van der Waals surface area contributed by atoms with Crippen LogP contribution in [0.3, 0.4) is 0 Å². The number of anilines is 1. The lowest BCUT2D eigenvalue weighted by molar-refractivity contribution is -0.141. The first-order chi connectivity index (χ1) is 11.4. The van der Waals surface area contributed by atoms with Gasteiger partial charge in [0.1, 0.15) is 6.54 Å².